The summed E-state index contributed by atoms with van der Waals surface area (Å²) >= 11 is 0. The molecule has 0 aliphatic heterocycles. The van der Waals surface area contributed by atoms with Crippen LogP contribution in [0.3, 0.4) is 0 Å². The van der Waals surface area contributed by atoms with Crippen LogP contribution in [0.25, 0.3) is 11.0 Å². The van der Waals surface area contributed by atoms with Crippen LogP contribution in [0.1, 0.15) is 23.4 Å². The molecule has 0 spiro atoms. The number of benzene rings is 2. The third-order valence-corrected chi connectivity index (χ3v) is 5.88. The Hall–Kier alpha value is -3.51. The lowest BCUT2D eigenvalue weighted by Crippen LogP contribution is -2.30. The summed E-state index contributed by atoms with van der Waals surface area (Å²) < 4.78 is 1.77. The van der Waals surface area contributed by atoms with Crippen molar-refractivity contribution in [2.75, 3.05) is 31.6 Å². The van der Waals surface area contributed by atoms with Gasteiger partial charge in [-0.25, -0.2) is 9.97 Å². The summed E-state index contributed by atoms with van der Waals surface area (Å²) in [4.78, 5) is 24.5. The van der Waals surface area contributed by atoms with Crippen molar-refractivity contribution in [3.05, 3.63) is 100 Å². The molecular weight excluding hydrogens is 410 g/mol. The van der Waals surface area contributed by atoms with E-state index in [9.17, 15) is 4.79 Å². The van der Waals surface area contributed by atoms with Crippen LogP contribution >= 0.6 is 0 Å². The van der Waals surface area contributed by atoms with Crippen molar-refractivity contribution in [2.45, 2.75) is 26.3 Å². The second-order valence-electron chi connectivity index (χ2n) is 8.34. The second kappa shape index (κ2) is 10.9. The lowest BCUT2D eigenvalue weighted by molar-refractivity contribution is 0.606. The molecule has 33 heavy (non-hydrogen) atoms. The number of anilines is 1. The van der Waals surface area contributed by atoms with Crippen LogP contribution in [0.2, 0.25) is 0 Å². The minimum atomic E-state index is -0.0766. The third-order valence-electron chi connectivity index (χ3n) is 5.88. The van der Waals surface area contributed by atoms with Gasteiger partial charge in [0.15, 0.2) is 5.52 Å². The molecule has 0 radical (unpaired) electrons. The lowest BCUT2D eigenvalue weighted by atomic mass is 10.2. The van der Waals surface area contributed by atoms with E-state index in [0.717, 1.165) is 43.9 Å². The summed E-state index contributed by atoms with van der Waals surface area (Å²) in [5.74, 6) is 0.809. The molecule has 0 unspecified atom stereocenters. The van der Waals surface area contributed by atoms with Gasteiger partial charge in [0.1, 0.15) is 5.82 Å². The van der Waals surface area contributed by atoms with Crippen molar-refractivity contribution >= 4 is 16.7 Å². The summed E-state index contributed by atoms with van der Waals surface area (Å²) in [7, 11) is 2.12. The van der Waals surface area contributed by atoms with E-state index >= 15 is 0 Å². The number of fused-ring (bicyclic) bond motifs is 1. The molecule has 4 rings (SSSR count). The van der Waals surface area contributed by atoms with Crippen molar-refractivity contribution in [1.82, 2.24) is 19.9 Å². The highest BCUT2D eigenvalue weighted by Gasteiger charge is 2.12. The molecule has 0 bridgehead atoms. The molecule has 0 aliphatic carbocycles. The standard InChI is InChI=1S/C27H31N5O/c1-21-10-6-7-14-24(21)31(2)19-18-28-16-9-15-25-30-23-13-8-17-29-26(23)27(33)32(25)20-22-11-4-3-5-12-22/h3-8,10-14,17,28H,9,15-16,18-20H2,1-2H3. The van der Waals surface area contributed by atoms with Crippen LogP contribution in [-0.4, -0.2) is 41.2 Å². The average Bonchev–Trinajstić information content (AvgIpc) is 2.84. The summed E-state index contributed by atoms with van der Waals surface area (Å²) in [6.45, 7) is 5.34. The number of likely N-dealkylation sites (N-methyl/N-ethyl adjacent to an activating group) is 1. The highest BCUT2D eigenvalue weighted by atomic mass is 16.1. The topological polar surface area (TPSA) is 63.0 Å². The minimum Gasteiger partial charge on any atom is -0.373 e. The molecule has 0 aliphatic rings. The number of nitrogens with zero attached hydrogens (tertiary/aromatic N) is 4. The number of aryl methyl sites for hydroxylation is 2. The molecule has 2 aromatic carbocycles. The molecule has 6 nitrogen and oxygen atoms in total. The Morgan fingerprint density at radius 2 is 1.76 bits per heavy atom. The maximum absolute atomic E-state index is 13.2. The molecule has 4 aromatic rings. The van der Waals surface area contributed by atoms with Gasteiger partial charge in [-0.05, 0) is 49.2 Å². The van der Waals surface area contributed by atoms with Gasteiger partial charge >= 0.3 is 0 Å². The normalized spacial score (nSPS) is 11.1. The molecule has 0 fully saturated rings. The highest BCUT2D eigenvalue weighted by Crippen LogP contribution is 2.17. The summed E-state index contributed by atoms with van der Waals surface area (Å²) in [5, 5.41) is 3.53. The van der Waals surface area contributed by atoms with Crippen molar-refractivity contribution in [1.29, 1.82) is 0 Å². The van der Waals surface area contributed by atoms with E-state index in [1.54, 1.807) is 10.8 Å². The van der Waals surface area contributed by atoms with Crippen molar-refractivity contribution < 1.29 is 0 Å². The first-order chi connectivity index (χ1) is 16.1. The summed E-state index contributed by atoms with van der Waals surface area (Å²) in [6, 6.07) is 22.2. The van der Waals surface area contributed by atoms with E-state index in [1.165, 1.54) is 11.3 Å². The van der Waals surface area contributed by atoms with E-state index in [-0.39, 0.29) is 5.56 Å². The van der Waals surface area contributed by atoms with Crippen molar-refractivity contribution in [3.63, 3.8) is 0 Å². The maximum atomic E-state index is 13.2. The zero-order valence-corrected chi connectivity index (χ0v) is 19.4. The monoisotopic (exact) mass is 441 g/mol. The van der Waals surface area contributed by atoms with Gasteiger partial charge in [0.2, 0.25) is 0 Å². The third kappa shape index (κ3) is 5.65. The largest absolute Gasteiger partial charge is 0.373 e. The van der Waals surface area contributed by atoms with Gasteiger partial charge in [0.05, 0.1) is 12.1 Å². The average molecular weight is 442 g/mol. The quantitative estimate of drug-likeness (QED) is 0.379. The Morgan fingerprint density at radius 1 is 0.970 bits per heavy atom. The van der Waals surface area contributed by atoms with E-state index < -0.39 is 0 Å². The second-order valence-corrected chi connectivity index (χ2v) is 8.34. The Morgan fingerprint density at radius 3 is 2.58 bits per heavy atom. The smallest absolute Gasteiger partial charge is 0.280 e. The number of para-hydroxylation sites is 1. The zero-order valence-electron chi connectivity index (χ0n) is 19.4. The molecule has 170 valence electrons. The van der Waals surface area contributed by atoms with Crippen LogP contribution in [-0.2, 0) is 13.0 Å². The first-order valence-corrected chi connectivity index (χ1v) is 11.5. The predicted molar refractivity (Wildman–Crippen MR) is 135 cm³/mol. The van der Waals surface area contributed by atoms with Gasteiger partial charge < -0.3 is 10.2 Å². The number of hydrogen-bond acceptors (Lipinski definition) is 5. The van der Waals surface area contributed by atoms with E-state index in [1.807, 2.05) is 42.5 Å². The molecule has 0 saturated carbocycles. The molecule has 6 heteroatoms. The molecular formula is C27H31N5O. The van der Waals surface area contributed by atoms with Crippen molar-refractivity contribution in [3.8, 4) is 0 Å². The van der Waals surface area contributed by atoms with E-state index in [0.29, 0.717) is 17.6 Å². The lowest BCUT2D eigenvalue weighted by Gasteiger charge is -2.21. The zero-order chi connectivity index (χ0) is 23.0. The van der Waals surface area contributed by atoms with Gasteiger partial charge in [-0.1, -0.05) is 48.5 Å². The van der Waals surface area contributed by atoms with Crippen LogP contribution in [0.5, 0.6) is 0 Å². The van der Waals surface area contributed by atoms with Gasteiger partial charge in [-0.15, -0.1) is 0 Å². The minimum absolute atomic E-state index is 0.0766. The first kappa shape index (κ1) is 22.7. The van der Waals surface area contributed by atoms with E-state index in [4.69, 9.17) is 4.98 Å². The number of aromatic nitrogens is 3. The van der Waals surface area contributed by atoms with Gasteiger partial charge in [-0.2, -0.15) is 0 Å². The first-order valence-electron chi connectivity index (χ1n) is 11.5. The van der Waals surface area contributed by atoms with Crippen LogP contribution in [0, 0.1) is 6.92 Å². The van der Waals surface area contributed by atoms with Gasteiger partial charge in [-0.3, -0.25) is 9.36 Å². The molecule has 0 atom stereocenters. The molecule has 0 amide bonds. The predicted octanol–water partition coefficient (Wildman–Crippen LogP) is 3.81. The fourth-order valence-electron chi connectivity index (χ4n) is 4.07. The Balaban J connectivity index is 1.38. The number of hydrogen-bond donors (Lipinski definition) is 1. The van der Waals surface area contributed by atoms with Gasteiger partial charge in [0, 0.05) is 38.4 Å². The Bertz CT molecular complexity index is 1250. The fourth-order valence-corrected chi connectivity index (χ4v) is 4.07. The molecule has 2 heterocycles. The number of nitrogens with one attached hydrogen (secondary N) is 1. The Kier molecular flexibility index (Phi) is 7.47. The van der Waals surface area contributed by atoms with Crippen LogP contribution in [0.4, 0.5) is 5.69 Å². The molecule has 1 N–H and O–H groups in total. The van der Waals surface area contributed by atoms with Gasteiger partial charge in [0.25, 0.3) is 5.56 Å². The van der Waals surface area contributed by atoms with E-state index in [2.05, 4.69) is 53.4 Å². The molecule has 0 saturated heterocycles. The fraction of sp³-hybridized carbons (Fsp3) is 0.296. The van der Waals surface area contributed by atoms with Crippen LogP contribution < -0.4 is 15.8 Å². The highest BCUT2D eigenvalue weighted by molar-refractivity contribution is 5.72. The Labute approximate surface area is 194 Å². The van der Waals surface area contributed by atoms with Crippen molar-refractivity contribution in [2.24, 2.45) is 0 Å². The number of rotatable bonds is 10. The summed E-state index contributed by atoms with van der Waals surface area (Å²) in [5.41, 5.74) is 4.64. The summed E-state index contributed by atoms with van der Waals surface area (Å²) in [6.07, 6.45) is 3.28. The molecule has 2 aromatic heterocycles. The maximum Gasteiger partial charge on any atom is 0.280 e. The SMILES string of the molecule is Cc1ccccc1N(C)CCNCCCc1nc2cccnc2c(=O)n1Cc1ccccc1. The number of pyridine rings is 1. The van der Waals surface area contributed by atoms with Crippen LogP contribution in [0.15, 0.2) is 77.7 Å².